The molecule has 1 fully saturated rings. The van der Waals surface area contributed by atoms with Crippen LogP contribution in [0.25, 0.3) is 0 Å². The Labute approximate surface area is 221 Å². The monoisotopic (exact) mass is 551 g/mol. The summed E-state index contributed by atoms with van der Waals surface area (Å²) in [5.41, 5.74) is 1.12. The Morgan fingerprint density at radius 3 is 2.54 bits per heavy atom. The number of hydrogen-bond acceptors (Lipinski definition) is 9. The van der Waals surface area contributed by atoms with E-state index in [-0.39, 0.29) is 23.3 Å². The highest BCUT2D eigenvalue weighted by Crippen LogP contribution is 2.60. The van der Waals surface area contributed by atoms with E-state index in [1.165, 1.54) is 20.8 Å². The summed E-state index contributed by atoms with van der Waals surface area (Å²) in [5.74, 6) is -0.0500. The lowest BCUT2D eigenvalue weighted by Gasteiger charge is -2.53. The number of sulfonamides is 1. The molecule has 0 radical (unpaired) electrons. The summed E-state index contributed by atoms with van der Waals surface area (Å²) in [5, 5.41) is -0.0326. The van der Waals surface area contributed by atoms with Crippen molar-refractivity contribution in [1.82, 2.24) is 4.31 Å². The van der Waals surface area contributed by atoms with Crippen molar-refractivity contribution in [1.29, 1.82) is 0 Å². The van der Waals surface area contributed by atoms with Crippen LogP contribution in [-0.4, -0.2) is 66.1 Å². The molecule has 4 rings (SSSR count). The molecule has 1 unspecified atom stereocenters. The molecular weight excluding hydrogens is 518 g/mol. The van der Waals surface area contributed by atoms with Gasteiger partial charge >= 0.3 is 11.9 Å². The molecule has 1 aliphatic carbocycles. The Balaban J connectivity index is 1.74. The van der Waals surface area contributed by atoms with E-state index < -0.39 is 45.6 Å². The largest absolute Gasteiger partial charge is 0.481 e. The first kappa shape index (κ1) is 27.7. The third-order valence-electron chi connectivity index (χ3n) is 7.43. The predicted molar refractivity (Wildman–Crippen MR) is 139 cm³/mol. The zero-order valence-corrected chi connectivity index (χ0v) is 23.3. The Kier molecular flexibility index (Phi) is 7.79. The van der Waals surface area contributed by atoms with Crippen molar-refractivity contribution < 1.29 is 37.0 Å². The van der Waals surface area contributed by atoms with Crippen molar-refractivity contribution in [3.8, 4) is 11.5 Å². The fourth-order valence-electron chi connectivity index (χ4n) is 6.15. The number of carbonyl (C=O) groups is 3. The van der Waals surface area contributed by atoms with Crippen LogP contribution in [0.3, 0.4) is 0 Å². The molecule has 2 aliphatic heterocycles. The average molecular weight is 552 g/mol. The van der Waals surface area contributed by atoms with Crippen molar-refractivity contribution in [3.05, 3.63) is 35.4 Å². The molecule has 1 aromatic rings. The molecule has 5 atom stereocenters. The zero-order valence-electron chi connectivity index (χ0n) is 21.7. The highest BCUT2D eigenvalue weighted by molar-refractivity contribution is 8.13. The molecule has 9 nitrogen and oxygen atoms in total. The van der Waals surface area contributed by atoms with Crippen LogP contribution in [0.15, 0.2) is 24.3 Å². The molecule has 11 heteroatoms. The van der Waals surface area contributed by atoms with Crippen molar-refractivity contribution >= 4 is 38.8 Å². The molecule has 0 amide bonds. The summed E-state index contributed by atoms with van der Waals surface area (Å²) in [6.45, 7) is 8.23. The minimum Gasteiger partial charge on any atom is -0.481 e. The normalized spacial score (nSPS) is 28.5. The van der Waals surface area contributed by atoms with Crippen molar-refractivity contribution in [2.24, 2.45) is 5.92 Å². The second kappa shape index (κ2) is 10.4. The first-order valence-corrected chi connectivity index (χ1v) is 15.0. The number of rotatable bonds is 7. The molecule has 202 valence electrons. The Bertz CT molecular complexity index is 1240. The van der Waals surface area contributed by atoms with E-state index in [0.29, 0.717) is 30.1 Å². The average Bonchev–Trinajstić information content (AvgIpc) is 3.15. The molecular formula is C26H33NO8S2. The maximum Gasteiger partial charge on any atom is 0.308 e. The standard InChI is InChI=1S/C26H33NO8S2/c1-15-7-9-21(33-17(3)28)24-23(15)26-11-12-27(37(31,32)14-6-13-36-19(5)30)16(2)20(26)8-10-22(25(26)35-24)34-18(4)29/h7-10,16,20,22,25H,6,11-14H2,1-5H3/t16-,20?,22+,25+,26+/m1/s1. The van der Waals surface area contributed by atoms with Gasteiger partial charge in [0.05, 0.1) is 5.75 Å². The molecule has 3 aliphatic rings. The summed E-state index contributed by atoms with van der Waals surface area (Å²) in [4.78, 5) is 34.9. The van der Waals surface area contributed by atoms with Gasteiger partial charge < -0.3 is 14.2 Å². The van der Waals surface area contributed by atoms with E-state index in [1.54, 1.807) is 16.4 Å². The Hall–Kier alpha value is -2.37. The zero-order chi connectivity index (χ0) is 27.1. The van der Waals surface area contributed by atoms with Gasteiger partial charge in [0.15, 0.2) is 22.7 Å². The van der Waals surface area contributed by atoms with Crippen LogP contribution >= 0.6 is 11.8 Å². The number of benzene rings is 1. The van der Waals surface area contributed by atoms with Gasteiger partial charge in [-0.25, -0.2) is 8.42 Å². The topological polar surface area (TPSA) is 116 Å². The third-order valence-corrected chi connectivity index (χ3v) is 10.4. The van der Waals surface area contributed by atoms with Crippen molar-refractivity contribution in [3.63, 3.8) is 0 Å². The lowest BCUT2D eigenvalue weighted by Crippen LogP contribution is -2.63. The SMILES string of the molecule is CC(=O)Oc1ccc(C)c2c1O[C@H]1[C@@H](OC(C)=O)C=CC3[C@@H](C)N(S(=O)(=O)CCCSC(C)=O)CC[C@@]231. The highest BCUT2D eigenvalue weighted by atomic mass is 32.2. The molecule has 1 saturated heterocycles. The van der Waals surface area contributed by atoms with Crippen LogP contribution in [0.1, 0.15) is 51.7 Å². The van der Waals surface area contributed by atoms with Crippen LogP contribution in [0.4, 0.5) is 0 Å². The number of nitrogens with zero attached hydrogens (tertiary/aromatic N) is 1. The fraction of sp³-hybridized carbons (Fsp3) is 0.577. The first-order chi connectivity index (χ1) is 17.4. The van der Waals surface area contributed by atoms with E-state index in [9.17, 15) is 22.8 Å². The molecule has 37 heavy (non-hydrogen) atoms. The summed E-state index contributed by atoms with van der Waals surface area (Å²) in [6, 6.07) is 3.16. The lowest BCUT2D eigenvalue weighted by atomic mass is 9.57. The third kappa shape index (κ3) is 5.05. The van der Waals surface area contributed by atoms with Gasteiger partial charge in [-0.05, 0) is 44.4 Å². The number of thioether (sulfide) groups is 1. The number of piperidine rings is 1. The number of aryl methyl sites for hydroxylation is 1. The molecule has 1 spiro atoms. The first-order valence-electron chi connectivity index (χ1n) is 12.4. The fourth-order valence-corrected chi connectivity index (χ4v) is 8.66. The lowest BCUT2D eigenvalue weighted by molar-refractivity contribution is -0.151. The smallest absolute Gasteiger partial charge is 0.308 e. The number of ether oxygens (including phenoxy) is 3. The Morgan fingerprint density at radius 1 is 1.16 bits per heavy atom. The van der Waals surface area contributed by atoms with Gasteiger partial charge in [-0.15, -0.1) is 0 Å². The summed E-state index contributed by atoms with van der Waals surface area (Å²) in [7, 11) is -3.58. The van der Waals surface area contributed by atoms with E-state index >= 15 is 0 Å². The molecule has 0 saturated carbocycles. The van der Waals surface area contributed by atoms with Gasteiger partial charge in [0.25, 0.3) is 0 Å². The van der Waals surface area contributed by atoms with Crippen LogP contribution < -0.4 is 9.47 Å². The van der Waals surface area contributed by atoms with E-state index in [4.69, 9.17) is 14.2 Å². The Morgan fingerprint density at radius 2 is 1.89 bits per heavy atom. The number of hydrogen-bond donors (Lipinski definition) is 0. The maximum absolute atomic E-state index is 13.4. The summed E-state index contributed by atoms with van der Waals surface area (Å²) in [6.07, 6.45) is 3.26. The predicted octanol–water partition coefficient (Wildman–Crippen LogP) is 3.13. The van der Waals surface area contributed by atoms with E-state index in [2.05, 4.69) is 0 Å². The second-order valence-electron chi connectivity index (χ2n) is 9.85. The molecule has 0 N–H and O–H groups in total. The number of carbonyl (C=O) groups excluding carboxylic acids is 3. The minimum atomic E-state index is -3.58. The number of fused-ring (bicyclic) bond motifs is 1. The van der Waals surface area contributed by atoms with E-state index in [1.807, 2.05) is 26.0 Å². The van der Waals surface area contributed by atoms with Gasteiger partial charge in [-0.3, -0.25) is 14.4 Å². The second-order valence-corrected chi connectivity index (χ2v) is 13.2. The highest BCUT2D eigenvalue weighted by Gasteiger charge is 2.63. The molecule has 0 bridgehead atoms. The minimum absolute atomic E-state index is 0.0326. The molecule has 1 aromatic carbocycles. The summed E-state index contributed by atoms with van der Waals surface area (Å²) < 4.78 is 45.8. The van der Waals surface area contributed by atoms with Crippen LogP contribution in [0.5, 0.6) is 11.5 Å². The van der Waals surface area contributed by atoms with Crippen LogP contribution in [0, 0.1) is 12.8 Å². The van der Waals surface area contributed by atoms with Gasteiger partial charge in [0.2, 0.25) is 10.0 Å². The van der Waals surface area contributed by atoms with Crippen LogP contribution in [0.2, 0.25) is 0 Å². The van der Waals surface area contributed by atoms with Crippen LogP contribution in [-0.2, 0) is 34.6 Å². The van der Waals surface area contributed by atoms with Crippen molar-refractivity contribution in [2.75, 3.05) is 18.1 Å². The summed E-state index contributed by atoms with van der Waals surface area (Å²) >= 11 is 1.13. The van der Waals surface area contributed by atoms with Gasteiger partial charge in [0.1, 0.15) is 6.10 Å². The van der Waals surface area contributed by atoms with Crippen molar-refractivity contribution in [2.45, 2.75) is 71.1 Å². The molecule has 0 aromatic heterocycles. The van der Waals surface area contributed by atoms with Gasteiger partial charge in [-0.1, -0.05) is 23.9 Å². The molecule has 2 heterocycles. The number of esters is 2. The van der Waals surface area contributed by atoms with Gasteiger partial charge in [-0.2, -0.15) is 4.31 Å². The maximum atomic E-state index is 13.4. The van der Waals surface area contributed by atoms with Gasteiger partial charge in [0, 0.05) is 56.0 Å². The van der Waals surface area contributed by atoms with E-state index in [0.717, 1.165) is 22.9 Å². The quantitative estimate of drug-likeness (QED) is 0.218.